The van der Waals surface area contributed by atoms with Crippen molar-refractivity contribution in [3.63, 3.8) is 0 Å². The Morgan fingerprint density at radius 2 is 1.77 bits per heavy atom. The maximum atomic E-state index is 10.7. The Balaban J connectivity index is 3.48. The molecule has 0 bridgehead atoms. The minimum atomic E-state index is -0.781. The van der Waals surface area contributed by atoms with Crippen LogP contribution in [-0.4, -0.2) is 30.9 Å². The molecule has 0 atom stereocenters. The molecule has 0 aliphatic rings. The Labute approximate surface area is 76.0 Å². The second-order valence-electron chi connectivity index (χ2n) is 2.35. The van der Waals surface area contributed by atoms with E-state index in [1.165, 1.54) is 0 Å². The third-order valence-corrected chi connectivity index (χ3v) is 1.13. The molecule has 0 heterocycles. The number of hydrogen-bond acceptors (Lipinski definition) is 5. The van der Waals surface area contributed by atoms with Crippen LogP contribution in [0.3, 0.4) is 0 Å². The molecule has 5 heteroatoms. The Kier molecular flexibility index (Phi) is 5.71. The Hall–Kier alpha value is -1.23. The quantitative estimate of drug-likeness (QED) is 0.451. The fourth-order valence-corrected chi connectivity index (χ4v) is 0.540. The smallest absolute Gasteiger partial charge is 0.339 e. The Morgan fingerprint density at radius 3 is 2.23 bits per heavy atom. The van der Waals surface area contributed by atoms with Crippen LogP contribution in [0.1, 0.15) is 20.3 Å². The van der Waals surface area contributed by atoms with Gasteiger partial charge in [0, 0.05) is 13.3 Å². The SMILES string of the molecule is CCC(=O)COCC(=O)OC(C)=O. The van der Waals surface area contributed by atoms with Crippen molar-refractivity contribution in [3.05, 3.63) is 0 Å². The summed E-state index contributed by atoms with van der Waals surface area (Å²) >= 11 is 0. The molecule has 0 aliphatic heterocycles. The summed E-state index contributed by atoms with van der Waals surface area (Å²) in [6.45, 7) is 2.32. The van der Waals surface area contributed by atoms with E-state index < -0.39 is 11.9 Å². The van der Waals surface area contributed by atoms with Gasteiger partial charge in [-0.15, -0.1) is 0 Å². The number of ether oxygens (including phenoxy) is 2. The molecule has 0 radical (unpaired) electrons. The van der Waals surface area contributed by atoms with Gasteiger partial charge in [-0.2, -0.15) is 0 Å². The number of rotatable bonds is 5. The zero-order valence-electron chi connectivity index (χ0n) is 7.66. The third kappa shape index (κ3) is 7.14. The van der Waals surface area contributed by atoms with E-state index in [1.807, 2.05) is 0 Å². The lowest BCUT2D eigenvalue weighted by Gasteiger charge is -2.00. The van der Waals surface area contributed by atoms with Crippen molar-refractivity contribution < 1.29 is 23.9 Å². The van der Waals surface area contributed by atoms with Crippen molar-refractivity contribution in [1.29, 1.82) is 0 Å². The first-order valence-electron chi connectivity index (χ1n) is 3.87. The summed E-state index contributed by atoms with van der Waals surface area (Å²) in [5.74, 6) is -1.57. The van der Waals surface area contributed by atoms with Gasteiger partial charge in [0.15, 0.2) is 5.78 Å². The summed E-state index contributed by atoms with van der Waals surface area (Å²) < 4.78 is 8.82. The molecule has 0 aromatic carbocycles. The monoisotopic (exact) mass is 188 g/mol. The van der Waals surface area contributed by atoms with Crippen LogP contribution in [0.5, 0.6) is 0 Å². The van der Waals surface area contributed by atoms with Crippen molar-refractivity contribution in [2.75, 3.05) is 13.2 Å². The highest BCUT2D eigenvalue weighted by Gasteiger charge is 2.06. The Bertz CT molecular complexity index is 209. The molecule has 0 saturated heterocycles. The predicted molar refractivity (Wildman–Crippen MR) is 42.9 cm³/mol. The van der Waals surface area contributed by atoms with Gasteiger partial charge < -0.3 is 9.47 Å². The van der Waals surface area contributed by atoms with Crippen LogP contribution in [0.2, 0.25) is 0 Å². The van der Waals surface area contributed by atoms with Crippen LogP contribution in [0.15, 0.2) is 0 Å². The second-order valence-corrected chi connectivity index (χ2v) is 2.35. The lowest BCUT2D eigenvalue weighted by molar-refractivity contribution is -0.161. The van der Waals surface area contributed by atoms with Gasteiger partial charge in [-0.1, -0.05) is 6.92 Å². The van der Waals surface area contributed by atoms with Gasteiger partial charge in [0.05, 0.1) is 0 Å². The standard InChI is InChI=1S/C8H12O5/c1-3-7(10)4-12-5-8(11)13-6(2)9/h3-5H2,1-2H3. The van der Waals surface area contributed by atoms with E-state index in [-0.39, 0.29) is 19.0 Å². The topological polar surface area (TPSA) is 69.7 Å². The van der Waals surface area contributed by atoms with Gasteiger partial charge >= 0.3 is 11.9 Å². The molecule has 0 unspecified atom stereocenters. The maximum Gasteiger partial charge on any atom is 0.339 e. The first kappa shape index (κ1) is 11.8. The normalized spacial score (nSPS) is 9.38. The highest BCUT2D eigenvalue weighted by molar-refractivity contribution is 5.85. The van der Waals surface area contributed by atoms with Crippen LogP contribution in [0.25, 0.3) is 0 Å². The minimum absolute atomic E-state index is 0.101. The molecule has 0 fully saturated rings. The van der Waals surface area contributed by atoms with E-state index in [2.05, 4.69) is 9.47 Å². The molecule has 0 aromatic rings. The van der Waals surface area contributed by atoms with Crippen LogP contribution in [0, 0.1) is 0 Å². The van der Waals surface area contributed by atoms with Crippen LogP contribution < -0.4 is 0 Å². The average molecular weight is 188 g/mol. The number of Topliss-reactive ketones (excluding diaryl/α,β-unsaturated/α-hetero) is 1. The fourth-order valence-electron chi connectivity index (χ4n) is 0.540. The van der Waals surface area contributed by atoms with E-state index in [4.69, 9.17) is 0 Å². The van der Waals surface area contributed by atoms with Crippen LogP contribution >= 0.6 is 0 Å². The molecule has 0 aromatic heterocycles. The minimum Gasteiger partial charge on any atom is -0.392 e. The molecule has 0 spiro atoms. The van der Waals surface area contributed by atoms with Crippen molar-refractivity contribution in [3.8, 4) is 0 Å². The van der Waals surface area contributed by atoms with Crippen LogP contribution in [-0.2, 0) is 23.9 Å². The Morgan fingerprint density at radius 1 is 1.15 bits per heavy atom. The number of ketones is 1. The summed E-state index contributed by atoms with van der Waals surface area (Å²) in [5.41, 5.74) is 0. The van der Waals surface area contributed by atoms with Crippen molar-refractivity contribution in [2.24, 2.45) is 0 Å². The second kappa shape index (κ2) is 6.30. The predicted octanol–water partition coefficient (Wildman–Crippen LogP) is 0.0718. The van der Waals surface area contributed by atoms with E-state index in [0.29, 0.717) is 6.42 Å². The fraction of sp³-hybridized carbons (Fsp3) is 0.625. The summed E-state index contributed by atoms with van der Waals surface area (Å²) in [4.78, 5) is 31.6. The average Bonchev–Trinajstić information content (AvgIpc) is 2.02. The molecule has 74 valence electrons. The number of hydrogen-bond donors (Lipinski definition) is 0. The van der Waals surface area contributed by atoms with E-state index >= 15 is 0 Å². The summed E-state index contributed by atoms with van der Waals surface area (Å²) in [5, 5.41) is 0. The lowest BCUT2D eigenvalue weighted by atomic mass is 10.3. The molecule has 0 rings (SSSR count). The maximum absolute atomic E-state index is 10.7. The molecule has 13 heavy (non-hydrogen) atoms. The van der Waals surface area contributed by atoms with Gasteiger partial charge in [-0.05, 0) is 0 Å². The number of carbonyl (C=O) groups excluding carboxylic acids is 3. The number of carbonyl (C=O) groups is 3. The molecule has 0 aliphatic carbocycles. The van der Waals surface area contributed by atoms with Gasteiger partial charge in [-0.3, -0.25) is 9.59 Å². The third-order valence-electron chi connectivity index (χ3n) is 1.13. The zero-order chi connectivity index (χ0) is 10.3. The largest absolute Gasteiger partial charge is 0.392 e. The molecule has 0 saturated carbocycles. The lowest BCUT2D eigenvalue weighted by Crippen LogP contribution is -2.18. The van der Waals surface area contributed by atoms with E-state index in [1.54, 1.807) is 6.92 Å². The highest BCUT2D eigenvalue weighted by atomic mass is 16.6. The van der Waals surface area contributed by atoms with Gasteiger partial charge in [-0.25, -0.2) is 4.79 Å². The summed E-state index contributed by atoms with van der Waals surface area (Å²) in [7, 11) is 0. The molecular formula is C8H12O5. The zero-order valence-corrected chi connectivity index (χ0v) is 7.66. The van der Waals surface area contributed by atoms with Crippen molar-refractivity contribution in [1.82, 2.24) is 0 Å². The van der Waals surface area contributed by atoms with E-state index in [0.717, 1.165) is 6.92 Å². The van der Waals surface area contributed by atoms with Gasteiger partial charge in [0.2, 0.25) is 0 Å². The molecule has 0 amide bonds. The van der Waals surface area contributed by atoms with E-state index in [9.17, 15) is 14.4 Å². The number of esters is 2. The highest BCUT2D eigenvalue weighted by Crippen LogP contribution is 1.86. The molecule has 0 N–H and O–H groups in total. The first-order chi connectivity index (χ1) is 6.06. The van der Waals surface area contributed by atoms with Crippen molar-refractivity contribution >= 4 is 17.7 Å². The van der Waals surface area contributed by atoms with Crippen molar-refractivity contribution in [2.45, 2.75) is 20.3 Å². The summed E-state index contributed by atoms with van der Waals surface area (Å²) in [6.07, 6.45) is 0.363. The molecular weight excluding hydrogens is 176 g/mol. The molecule has 5 nitrogen and oxygen atoms in total. The van der Waals surface area contributed by atoms with Crippen LogP contribution in [0.4, 0.5) is 0 Å². The van der Waals surface area contributed by atoms with Gasteiger partial charge in [0.25, 0.3) is 0 Å². The van der Waals surface area contributed by atoms with Gasteiger partial charge in [0.1, 0.15) is 13.2 Å². The first-order valence-corrected chi connectivity index (χ1v) is 3.87. The summed E-state index contributed by atoms with van der Waals surface area (Å²) in [6, 6.07) is 0.